The molecule has 0 N–H and O–H groups in total. The van der Waals surface area contributed by atoms with E-state index in [-0.39, 0.29) is 11.8 Å². The Bertz CT molecular complexity index is 668. The van der Waals surface area contributed by atoms with Crippen molar-refractivity contribution in [1.29, 1.82) is 0 Å². The number of aryl methyl sites for hydroxylation is 3. The third-order valence-electron chi connectivity index (χ3n) is 4.16. The van der Waals surface area contributed by atoms with Crippen LogP contribution in [0, 0.1) is 13.8 Å². The lowest BCUT2D eigenvalue weighted by atomic mass is 9.96. The summed E-state index contributed by atoms with van der Waals surface area (Å²) < 4.78 is 10.4. The first-order valence-electron chi connectivity index (χ1n) is 7.64. The molecule has 0 radical (unpaired) electrons. The molecule has 1 saturated heterocycles. The van der Waals surface area contributed by atoms with Gasteiger partial charge in [-0.05, 0) is 33.1 Å². The van der Waals surface area contributed by atoms with E-state index >= 15 is 0 Å². The van der Waals surface area contributed by atoms with Gasteiger partial charge < -0.3 is 13.9 Å². The second kappa shape index (κ2) is 5.90. The van der Waals surface area contributed by atoms with Crippen LogP contribution in [0.15, 0.2) is 9.05 Å². The Balaban J connectivity index is 1.68. The van der Waals surface area contributed by atoms with E-state index < -0.39 is 0 Å². The van der Waals surface area contributed by atoms with Crippen LogP contribution < -0.4 is 0 Å². The number of carbonyl (C=O) groups excluding carboxylic acids is 1. The Hall–Kier alpha value is -2.18. The number of aromatic nitrogens is 3. The van der Waals surface area contributed by atoms with Crippen molar-refractivity contribution in [1.82, 2.24) is 20.2 Å². The molecule has 7 heteroatoms. The average Bonchev–Trinajstić information content (AvgIpc) is 3.12. The lowest BCUT2D eigenvalue weighted by Gasteiger charge is -2.30. The monoisotopic (exact) mass is 304 g/mol. The van der Waals surface area contributed by atoms with Gasteiger partial charge in [-0.15, -0.1) is 0 Å². The fraction of sp³-hybridized carbons (Fsp3) is 0.600. The van der Waals surface area contributed by atoms with Gasteiger partial charge >= 0.3 is 0 Å². The van der Waals surface area contributed by atoms with Gasteiger partial charge in [0.25, 0.3) is 5.91 Å². The minimum atomic E-state index is 0.00996. The smallest absolute Gasteiger partial charge is 0.259 e. The fourth-order valence-electron chi connectivity index (χ4n) is 2.90. The molecular formula is C15H20N4O3. The molecule has 1 aliphatic heterocycles. The van der Waals surface area contributed by atoms with Crippen LogP contribution in [-0.4, -0.2) is 39.2 Å². The summed E-state index contributed by atoms with van der Waals surface area (Å²) in [5.74, 6) is 2.17. The number of carbonyl (C=O) groups is 1. The Morgan fingerprint density at radius 2 is 1.95 bits per heavy atom. The third kappa shape index (κ3) is 2.63. The van der Waals surface area contributed by atoms with Crippen LogP contribution in [0.5, 0.6) is 0 Å². The highest BCUT2D eigenvalue weighted by molar-refractivity contribution is 5.96. The van der Waals surface area contributed by atoms with Crippen molar-refractivity contribution in [3.63, 3.8) is 0 Å². The molecule has 0 saturated carbocycles. The molecule has 2 aromatic rings. The fourth-order valence-corrected chi connectivity index (χ4v) is 2.90. The molecule has 2 aromatic heterocycles. The van der Waals surface area contributed by atoms with E-state index in [1.54, 1.807) is 6.92 Å². The van der Waals surface area contributed by atoms with Crippen molar-refractivity contribution in [2.24, 2.45) is 0 Å². The highest BCUT2D eigenvalue weighted by Gasteiger charge is 2.30. The molecule has 0 aliphatic carbocycles. The van der Waals surface area contributed by atoms with Crippen molar-refractivity contribution in [3.8, 4) is 0 Å². The SMILES string of the molecule is CCc1noc(C)c1C(=O)N1CCC(c2nc(C)no2)CC1. The minimum absolute atomic E-state index is 0.00996. The van der Waals surface area contributed by atoms with E-state index in [9.17, 15) is 4.79 Å². The average molecular weight is 304 g/mol. The van der Waals surface area contributed by atoms with E-state index in [0.717, 1.165) is 18.5 Å². The van der Waals surface area contributed by atoms with Crippen molar-refractivity contribution in [3.05, 3.63) is 28.7 Å². The summed E-state index contributed by atoms with van der Waals surface area (Å²) in [6, 6.07) is 0. The molecule has 3 rings (SSSR count). The van der Waals surface area contributed by atoms with E-state index in [0.29, 0.717) is 42.5 Å². The molecule has 3 heterocycles. The second-order valence-corrected chi connectivity index (χ2v) is 5.66. The van der Waals surface area contributed by atoms with Gasteiger partial charge in [-0.1, -0.05) is 17.2 Å². The molecular weight excluding hydrogens is 284 g/mol. The summed E-state index contributed by atoms with van der Waals surface area (Å²) in [4.78, 5) is 18.8. The predicted molar refractivity (Wildman–Crippen MR) is 77.5 cm³/mol. The van der Waals surface area contributed by atoms with Crippen LogP contribution in [0.25, 0.3) is 0 Å². The molecule has 0 unspecified atom stereocenters. The van der Waals surface area contributed by atoms with Crippen molar-refractivity contribution < 1.29 is 13.8 Å². The number of nitrogens with zero attached hydrogens (tertiary/aromatic N) is 4. The molecule has 0 bridgehead atoms. The molecule has 7 nitrogen and oxygen atoms in total. The van der Waals surface area contributed by atoms with Gasteiger partial charge in [-0.25, -0.2) is 0 Å². The highest BCUT2D eigenvalue weighted by Crippen LogP contribution is 2.28. The molecule has 0 aromatic carbocycles. The van der Waals surface area contributed by atoms with Crippen LogP contribution in [0.1, 0.15) is 59.2 Å². The maximum absolute atomic E-state index is 12.7. The normalized spacial score (nSPS) is 16.2. The molecule has 1 fully saturated rings. The maximum atomic E-state index is 12.7. The van der Waals surface area contributed by atoms with Crippen LogP contribution in [0.2, 0.25) is 0 Å². The van der Waals surface area contributed by atoms with Gasteiger partial charge in [-0.3, -0.25) is 4.79 Å². The zero-order valence-electron chi connectivity index (χ0n) is 13.1. The van der Waals surface area contributed by atoms with Gasteiger partial charge in [0.05, 0.1) is 5.69 Å². The van der Waals surface area contributed by atoms with Gasteiger partial charge in [-0.2, -0.15) is 4.98 Å². The number of amides is 1. The molecule has 0 atom stereocenters. The zero-order valence-corrected chi connectivity index (χ0v) is 13.1. The molecule has 0 spiro atoms. The molecule has 118 valence electrons. The molecule has 1 aliphatic rings. The van der Waals surface area contributed by atoms with Crippen LogP contribution in [0.3, 0.4) is 0 Å². The third-order valence-corrected chi connectivity index (χ3v) is 4.16. The number of hydrogen-bond donors (Lipinski definition) is 0. The number of rotatable bonds is 3. The van der Waals surface area contributed by atoms with Crippen LogP contribution in [0.4, 0.5) is 0 Å². The zero-order chi connectivity index (χ0) is 15.7. The van der Waals surface area contributed by atoms with Gasteiger partial charge in [0, 0.05) is 19.0 Å². The molecule has 1 amide bonds. The van der Waals surface area contributed by atoms with E-state index in [2.05, 4.69) is 15.3 Å². The van der Waals surface area contributed by atoms with Crippen molar-refractivity contribution in [2.45, 2.75) is 46.0 Å². The summed E-state index contributed by atoms with van der Waals surface area (Å²) in [5.41, 5.74) is 1.35. The first-order valence-corrected chi connectivity index (χ1v) is 7.64. The standard InChI is InChI=1S/C15H20N4O3/c1-4-12-13(9(2)21-18-12)15(20)19-7-5-11(6-8-19)14-16-10(3)17-22-14/h11H,4-8H2,1-3H3. The number of hydrogen-bond acceptors (Lipinski definition) is 6. The Morgan fingerprint density at radius 1 is 1.23 bits per heavy atom. The summed E-state index contributed by atoms with van der Waals surface area (Å²) >= 11 is 0. The molecule has 22 heavy (non-hydrogen) atoms. The van der Waals surface area contributed by atoms with Crippen molar-refractivity contribution in [2.75, 3.05) is 13.1 Å². The largest absolute Gasteiger partial charge is 0.361 e. The lowest BCUT2D eigenvalue weighted by molar-refractivity contribution is 0.0702. The Morgan fingerprint density at radius 3 is 2.55 bits per heavy atom. The summed E-state index contributed by atoms with van der Waals surface area (Å²) in [6.07, 6.45) is 2.36. The highest BCUT2D eigenvalue weighted by atomic mass is 16.5. The Labute approximate surface area is 128 Å². The van der Waals surface area contributed by atoms with Gasteiger partial charge in [0.2, 0.25) is 5.89 Å². The van der Waals surface area contributed by atoms with E-state index in [4.69, 9.17) is 9.05 Å². The van der Waals surface area contributed by atoms with Gasteiger partial charge in [0.15, 0.2) is 5.82 Å². The maximum Gasteiger partial charge on any atom is 0.259 e. The van der Waals surface area contributed by atoms with Crippen LogP contribution >= 0.6 is 0 Å². The quantitative estimate of drug-likeness (QED) is 0.864. The summed E-state index contributed by atoms with van der Waals surface area (Å²) in [5, 5.41) is 7.79. The number of piperidine rings is 1. The van der Waals surface area contributed by atoms with Crippen molar-refractivity contribution >= 4 is 5.91 Å². The number of likely N-dealkylation sites (tertiary alicyclic amines) is 1. The topological polar surface area (TPSA) is 85.3 Å². The second-order valence-electron chi connectivity index (χ2n) is 5.66. The first-order chi connectivity index (χ1) is 10.6. The van der Waals surface area contributed by atoms with E-state index in [1.165, 1.54) is 0 Å². The predicted octanol–water partition coefficient (Wildman–Crippen LogP) is 2.26. The van der Waals surface area contributed by atoms with Gasteiger partial charge in [0.1, 0.15) is 11.3 Å². The lowest BCUT2D eigenvalue weighted by Crippen LogP contribution is -2.38. The van der Waals surface area contributed by atoms with Crippen LogP contribution in [-0.2, 0) is 6.42 Å². The van der Waals surface area contributed by atoms with E-state index in [1.807, 2.05) is 18.7 Å². The summed E-state index contributed by atoms with van der Waals surface area (Å²) in [6.45, 7) is 6.93. The minimum Gasteiger partial charge on any atom is -0.361 e. The Kier molecular flexibility index (Phi) is 3.96. The summed E-state index contributed by atoms with van der Waals surface area (Å²) in [7, 11) is 0. The first kappa shape index (κ1) is 14.7.